The summed E-state index contributed by atoms with van der Waals surface area (Å²) in [5, 5.41) is 15.8. The molecule has 19 heavy (non-hydrogen) atoms. The molecule has 6 nitrogen and oxygen atoms in total. The third-order valence-corrected chi connectivity index (χ3v) is 2.51. The first-order chi connectivity index (χ1) is 9.06. The molecule has 0 radical (unpaired) electrons. The summed E-state index contributed by atoms with van der Waals surface area (Å²) in [7, 11) is 0. The number of carbonyl (C=O) groups is 1. The van der Waals surface area contributed by atoms with Crippen molar-refractivity contribution in [2.75, 3.05) is 5.32 Å². The molecule has 100 valence electrons. The van der Waals surface area contributed by atoms with Gasteiger partial charge in [-0.2, -0.15) is 0 Å². The number of rotatable bonds is 5. The molecule has 2 amide bonds. The van der Waals surface area contributed by atoms with Crippen LogP contribution in [0.15, 0.2) is 24.3 Å². The molecule has 6 heteroatoms. The van der Waals surface area contributed by atoms with Crippen molar-refractivity contribution in [1.29, 1.82) is 0 Å². The topological polar surface area (TPSA) is 84.3 Å². The third-order valence-electron chi connectivity index (χ3n) is 2.51. The van der Waals surface area contributed by atoms with Gasteiger partial charge in [0.15, 0.2) is 0 Å². The van der Waals surface area contributed by atoms with E-state index in [4.69, 9.17) is 6.42 Å². The molecule has 1 rings (SSSR count). The maximum absolute atomic E-state index is 11.7. The second kappa shape index (κ2) is 7.01. The first-order valence-corrected chi connectivity index (χ1v) is 5.82. The summed E-state index contributed by atoms with van der Waals surface area (Å²) in [4.78, 5) is 21.8. The highest BCUT2D eigenvalue weighted by molar-refractivity contribution is 5.89. The van der Waals surface area contributed by atoms with Crippen LogP contribution in [0.2, 0.25) is 0 Å². The van der Waals surface area contributed by atoms with E-state index >= 15 is 0 Å². The number of nitrogens with one attached hydrogen (secondary N) is 2. The highest BCUT2D eigenvalue weighted by Crippen LogP contribution is 2.16. The van der Waals surface area contributed by atoms with Crippen LogP contribution in [0.4, 0.5) is 16.2 Å². The normalized spacial score (nSPS) is 11.2. The molecule has 1 aromatic carbocycles. The molecule has 0 bridgehead atoms. The minimum Gasteiger partial charge on any atom is -0.334 e. The van der Waals surface area contributed by atoms with E-state index in [-0.39, 0.29) is 11.7 Å². The molecular formula is C13H15N3O3. The van der Waals surface area contributed by atoms with Crippen LogP contribution in [0.5, 0.6) is 0 Å². The predicted octanol–water partition coefficient (Wildman–Crippen LogP) is 2.52. The van der Waals surface area contributed by atoms with Crippen LogP contribution < -0.4 is 10.6 Å². The average Bonchev–Trinajstić information content (AvgIpc) is 2.38. The SMILES string of the molecule is C#CCC(CC)NC(=O)Nc1cccc([N+](=O)[O-])c1. The molecule has 0 fully saturated rings. The van der Waals surface area contributed by atoms with Gasteiger partial charge in [0.2, 0.25) is 0 Å². The third kappa shape index (κ3) is 4.68. The van der Waals surface area contributed by atoms with Crippen LogP contribution in [0.1, 0.15) is 19.8 Å². The molecule has 1 aromatic rings. The maximum atomic E-state index is 11.7. The van der Waals surface area contributed by atoms with Crippen molar-refractivity contribution in [3.63, 3.8) is 0 Å². The monoisotopic (exact) mass is 261 g/mol. The molecule has 1 unspecified atom stereocenters. The number of non-ortho nitro benzene ring substituents is 1. The minimum atomic E-state index is -0.518. The predicted molar refractivity (Wildman–Crippen MR) is 72.8 cm³/mol. The molecular weight excluding hydrogens is 246 g/mol. The summed E-state index contributed by atoms with van der Waals surface area (Å²) in [5.74, 6) is 2.48. The molecule has 2 N–H and O–H groups in total. The average molecular weight is 261 g/mol. The highest BCUT2D eigenvalue weighted by Gasteiger charge is 2.11. The number of carbonyl (C=O) groups excluding carboxylic acids is 1. The summed E-state index contributed by atoms with van der Waals surface area (Å²) in [6, 6.07) is 5.20. The van der Waals surface area contributed by atoms with E-state index in [2.05, 4.69) is 16.6 Å². The number of benzene rings is 1. The number of terminal acetylenes is 1. The quantitative estimate of drug-likeness (QED) is 0.485. The van der Waals surface area contributed by atoms with Crippen molar-refractivity contribution in [2.24, 2.45) is 0 Å². The van der Waals surface area contributed by atoms with E-state index in [1.54, 1.807) is 6.07 Å². The van der Waals surface area contributed by atoms with Crippen LogP contribution in [0, 0.1) is 22.5 Å². The lowest BCUT2D eigenvalue weighted by Crippen LogP contribution is -2.37. The molecule has 0 heterocycles. The number of amides is 2. The Hall–Kier alpha value is -2.55. The zero-order valence-electron chi connectivity index (χ0n) is 10.6. The van der Waals surface area contributed by atoms with Crippen molar-refractivity contribution in [3.8, 4) is 12.3 Å². The molecule has 0 aromatic heterocycles. The van der Waals surface area contributed by atoms with E-state index in [9.17, 15) is 14.9 Å². The lowest BCUT2D eigenvalue weighted by atomic mass is 10.1. The van der Waals surface area contributed by atoms with Crippen LogP contribution in [-0.4, -0.2) is 17.0 Å². The van der Waals surface area contributed by atoms with Crippen LogP contribution in [0.25, 0.3) is 0 Å². The summed E-state index contributed by atoms with van der Waals surface area (Å²) in [5.41, 5.74) is 0.288. The highest BCUT2D eigenvalue weighted by atomic mass is 16.6. The number of nitrogens with zero attached hydrogens (tertiary/aromatic N) is 1. The van der Waals surface area contributed by atoms with Gasteiger partial charge in [0, 0.05) is 30.3 Å². The van der Waals surface area contributed by atoms with Gasteiger partial charge in [-0.05, 0) is 12.5 Å². The van der Waals surface area contributed by atoms with E-state index in [0.29, 0.717) is 18.5 Å². The first-order valence-electron chi connectivity index (χ1n) is 5.82. The Labute approximate surface area is 111 Å². The Morgan fingerprint density at radius 1 is 1.58 bits per heavy atom. The molecule has 0 aliphatic carbocycles. The summed E-state index contributed by atoms with van der Waals surface area (Å²) < 4.78 is 0. The number of hydrogen-bond acceptors (Lipinski definition) is 3. The Kier molecular flexibility index (Phi) is 5.35. The first kappa shape index (κ1) is 14.5. The van der Waals surface area contributed by atoms with Crippen molar-refractivity contribution < 1.29 is 9.72 Å². The van der Waals surface area contributed by atoms with Crippen molar-refractivity contribution >= 4 is 17.4 Å². The number of hydrogen-bond donors (Lipinski definition) is 2. The van der Waals surface area contributed by atoms with Crippen molar-refractivity contribution in [1.82, 2.24) is 5.32 Å². The Morgan fingerprint density at radius 2 is 2.32 bits per heavy atom. The largest absolute Gasteiger partial charge is 0.334 e. The van der Waals surface area contributed by atoms with Gasteiger partial charge >= 0.3 is 6.03 Å². The van der Waals surface area contributed by atoms with Gasteiger partial charge in [0.05, 0.1) is 4.92 Å². The molecule has 0 saturated carbocycles. The second-order valence-corrected chi connectivity index (χ2v) is 3.92. The number of nitro benzene ring substituents is 1. The zero-order valence-corrected chi connectivity index (χ0v) is 10.6. The van der Waals surface area contributed by atoms with E-state index in [1.807, 2.05) is 6.92 Å². The van der Waals surface area contributed by atoms with Crippen LogP contribution in [-0.2, 0) is 0 Å². The Balaban J connectivity index is 2.64. The number of urea groups is 1. The summed E-state index contributed by atoms with van der Waals surface area (Å²) >= 11 is 0. The van der Waals surface area contributed by atoms with E-state index < -0.39 is 11.0 Å². The molecule has 0 spiro atoms. The van der Waals surface area contributed by atoms with Crippen molar-refractivity contribution in [2.45, 2.75) is 25.8 Å². The smallest absolute Gasteiger partial charge is 0.319 e. The standard InChI is InChI=1S/C13H15N3O3/c1-3-6-10(4-2)14-13(17)15-11-7-5-8-12(9-11)16(18)19/h1,5,7-10H,4,6H2,2H3,(H2,14,15,17). The summed E-state index contributed by atoms with van der Waals surface area (Å²) in [6.07, 6.45) is 6.35. The fourth-order valence-corrected chi connectivity index (χ4v) is 1.49. The van der Waals surface area contributed by atoms with Gasteiger partial charge in [-0.1, -0.05) is 13.0 Å². The Bertz CT molecular complexity index is 508. The van der Waals surface area contributed by atoms with Gasteiger partial charge in [-0.3, -0.25) is 10.1 Å². The molecule has 0 aliphatic heterocycles. The molecule has 0 aliphatic rings. The number of anilines is 1. The Morgan fingerprint density at radius 3 is 2.89 bits per heavy atom. The molecule has 0 saturated heterocycles. The second-order valence-electron chi connectivity index (χ2n) is 3.92. The molecule has 1 atom stereocenters. The van der Waals surface area contributed by atoms with Crippen molar-refractivity contribution in [3.05, 3.63) is 34.4 Å². The van der Waals surface area contributed by atoms with Gasteiger partial charge in [-0.25, -0.2) is 4.79 Å². The van der Waals surface area contributed by atoms with Gasteiger partial charge < -0.3 is 10.6 Å². The van der Waals surface area contributed by atoms with Gasteiger partial charge in [0.1, 0.15) is 0 Å². The maximum Gasteiger partial charge on any atom is 0.319 e. The van der Waals surface area contributed by atoms with E-state index in [0.717, 1.165) is 0 Å². The van der Waals surface area contributed by atoms with E-state index in [1.165, 1.54) is 18.2 Å². The zero-order chi connectivity index (χ0) is 14.3. The van der Waals surface area contributed by atoms with Gasteiger partial charge in [0.25, 0.3) is 5.69 Å². The lowest BCUT2D eigenvalue weighted by Gasteiger charge is -2.14. The minimum absolute atomic E-state index is 0.0755. The van der Waals surface area contributed by atoms with Gasteiger partial charge in [-0.15, -0.1) is 12.3 Å². The van der Waals surface area contributed by atoms with Crippen LogP contribution >= 0.6 is 0 Å². The van der Waals surface area contributed by atoms with Crippen LogP contribution in [0.3, 0.4) is 0 Å². The lowest BCUT2D eigenvalue weighted by molar-refractivity contribution is -0.384. The number of nitro groups is 1. The summed E-state index contributed by atoms with van der Waals surface area (Å²) in [6.45, 7) is 1.91. The fourth-order valence-electron chi connectivity index (χ4n) is 1.49. The fraction of sp³-hybridized carbons (Fsp3) is 0.308.